The fraction of sp³-hybridized carbons (Fsp3) is 0.0556. The summed E-state index contributed by atoms with van der Waals surface area (Å²) in [5, 5.41) is 22.7. The Labute approximate surface area is 149 Å². The number of para-hydroxylation sites is 1. The van der Waals surface area contributed by atoms with Crippen molar-refractivity contribution in [1.82, 2.24) is 15.2 Å². The van der Waals surface area contributed by atoms with Gasteiger partial charge in [0.15, 0.2) is 5.82 Å². The molecule has 0 aliphatic rings. The van der Waals surface area contributed by atoms with E-state index in [-0.39, 0.29) is 5.95 Å². The van der Waals surface area contributed by atoms with Gasteiger partial charge < -0.3 is 15.4 Å². The number of carbonyl (C=O) groups is 1. The Morgan fingerprint density at radius 3 is 2.62 bits per heavy atom. The zero-order chi connectivity index (χ0) is 18.4. The summed E-state index contributed by atoms with van der Waals surface area (Å²) >= 11 is 0. The van der Waals surface area contributed by atoms with E-state index in [0.29, 0.717) is 22.6 Å². The first-order valence-corrected chi connectivity index (χ1v) is 7.61. The van der Waals surface area contributed by atoms with Gasteiger partial charge in [0.05, 0.1) is 36.2 Å². The lowest BCUT2D eigenvalue weighted by Crippen LogP contribution is -2.07. The molecule has 0 spiro atoms. The summed E-state index contributed by atoms with van der Waals surface area (Å²) in [5.74, 6) is 0.230. The fourth-order valence-corrected chi connectivity index (χ4v) is 2.19. The highest BCUT2D eigenvalue weighted by Crippen LogP contribution is 2.21. The minimum Gasteiger partial charge on any atom is -0.465 e. The average molecular weight is 346 g/mol. The third-order valence-electron chi connectivity index (χ3n) is 3.42. The SMILES string of the molecule is COC(=O)c1ccccc1Nc1cnnc(Nc2ccc(C#N)cc2)n1. The molecule has 3 aromatic rings. The van der Waals surface area contributed by atoms with Gasteiger partial charge in [-0.2, -0.15) is 15.3 Å². The molecule has 0 aliphatic heterocycles. The number of benzene rings is 2. The van der Waals surface area contributed by atoms with E-state index in [1.807, 2.05) is 0 Å². The molecule has 0 unspecified atom stereocenters. The zero-order valence-corrected chi connectivity index (χ0v) is 13.8. The standard InChI is InChI=1S/C18H14N6O2/c1-26-17(25)14-4-2-3-5-15(14)22-16-11-20-24-18(23-16)21-13-8-6-12(10-19)7-9-13/h2-9,11H,1H3,(H2,21,22,23,24). The fourth-order valence-electron chi connectivity index (χ4n) is 2.19. The van der Waals surface area contributed by atoms with Crippen molar-refractivity contribution in [1.29, 1.82) is 5.26 Å². The van der Waals surface area contributed by atoms with E-state index in [1.54, 1.807) is 48.5 Å². The van der Waals surface area contributed by atoms with Crippen LogP contribution in [0.5, 0.6) is 0 Å². The number of esters is 1. The van der Waals surface area contributed by atoms with Crippen molar-refractivity contribution in [3.63, 3.8) is 0 Å². The summed E-state index contributed by atoms with van der Waals surface area (Å²) in [5.41, 5.74) is 2.21. The quantitative estimate of drug-likeness (QED) is 0.678. The Hall–Kier alpha value is -3.99. The normalized spacial score (nSPS) is 9.85. The summed E-state index contributed by atoms with van der Waals surface area (Å²) in [6, 6.07) is 15.8. The molecule has 2 N–H and O–H groups in total. The molecule has 0 atom stereocenters. The predicted octanol–water partition coefficient (Wildman–Crippen LogP) is 3.02. The van der Waals surface area contributed by atoms with Crippen molar-refractivity contribution >= 4 is 29.1 Å². The van der Waals surface area contributed by atoms with Gasteiger partial charge in [-0.05, 0) is 36.4 Å². The van der Waals surface area contributed by atoms with Gasteiger partial charge in [-0.1, -0.05) is 12.1 Å². The van der Waals surface area contributed by atoms with E-state index in [9.17, 15) is 4.79 Å². The first-order valence-electron chi connectivity index (χ1n) is 7.61. The number of carbonyl (C=O) groups excluding carboxylic acids is 1. The Morgan fingerprint density at radius 1 is 1.12 bits per heavy atom. The minimum absolute atomic E-state index is 0.273. The van der Waals surface area contributed by atoms with Crippen molar-refractivity contribution in [3.8, 4) is 6.07 Å². The first kappa shape index (κ1) is 16.9. The van der Waals surface area contributed by atoms with Crippen LogP contribution in [0.1, 0.15) is 15.9 Å². The molecule has 0 fully saturated rings. The Balaban J connectivity index is 1.80. The van der Waals surface area contributed by atoms with E-state index >= 15 is 0 Å². The maximum atomic E-state index is 11.8. The topological polar surface area (TPSA) is 113 Å². The number of ether oxygens (including phenoxy) is 1. The van der Waals surface area contributed by atoms with Gasteiger partial charge in [-0.25, -0.2) is 4.79 Å². The van der Waals surface area contributed by atoms with Crippen molar-refractivity contribution in [3.05, 3.63) is 65.9 Å². The molecule has 1 heterocycles. The molecule has 0 amide bonds. The van der Waals surface area contributed by atoms with Crippen molar-refractivity contribution in [2.45, 2.75) is 0 Å². The number of aromatic nitrogens is 3. The Bertz CT molecular complexity index is 966. The molecule has 0 bridgehead atoms. The molecule has 0 radical (unpaired) electrons. The van der Waals surface area contributed by atoms with Crippen molar-refractivity contribution in [2.24, 2.45) is 0 Å². The van der Waals surface area contributed by atoms with Crippen LogP contribution in [0, 0.1) is 11.3 Å². The molecule has 26 heavy (non-hydrogen) atoms. The van der Waals surface area contributed by atoms with Gasteiger partial charge in [0.2, 0.25) is 5.95 Å². The Morgan fingerprint density at radius 2 is 1.88 bits per heavy atom. The summed E-state index contributed by atoms with van der Waals surface area (Å²) in [6.45, 7) is 0. The molecular formula is C18H14N6O2. The molecule has 0 saturated heterocycles. The van der Waals surface area contributed by atoms with E-state index in [2.05, 4.69) is 31.9 Å². The smallest absolute Gasteiger partial charge is 0.339 e. The highest BCUT2D eigenvalue weighted by atomic mass is 16.5. The molecule has 2 aromatic carbocycles. The molecule has 1 aromatic heterocycles. The van der Waals surface area contributed by atoms with Crippen LogP contribution in [0.2, 0.25) is 0 Å². The molecule has 3 rings (SSSR count). The van der Waals surface area contributed by atoms with Crippen LogP contribution in [0.25, 0.3) is 0 Å². The van der Waals surface area contributed by atoms with Crippen LogP contribution >= 0.6 is 0 Å². The highest BCUT2D eigenvalue weighted by Gasteiger charge is 2.12. The largest absolute Gasteiger partial charge is 0.465 e. The minimum atomic E-state index is -0.453. The molecule has 0 saturated carbocycles. The van der Waals surface area contributed by atoms with E-state index in [0.717, 1.165) is 5.69 Å². The van der Waals surface area contributed by atoms with Gasteiger partial charge in [0.1, 0.15) is 0 Å². The number of nitrogens with zero attached hydrogens (tertiary/aromatic N) is 4. The van der Waals surface area contributed by atoms with Crippen LogP contribution in [0.3, 0.4) is 0 Å². The number of nitriles is 1. The van der Waals surface area contributed by atoms with E-state index < -0.39 is 5.97 Å². The maximum Gasteiger partial charge on any atom is 0.339 e. The lowest BCUT2D eigenvalue weighted by molar-refractivity contribution is 0.0602. The lowest BCUT2D eigenvalue weighted by atomic mass is 10.2. The summed E-state index contributed by atoms with van der Waals surface area (Å²) in [4.78, 5) is 16.2. The van der Waals surface area contributed by atoms with Crippen LogP contribution in [0.15, 0.2) is 54.7 Å². The van der Waals surface area contributed by atoms with Crippen LogP contribution in [-0.4, -0.2) is 28.3 Å². The number of anilines is 4. The molecule has 128 valence electrons. The predicted molar refractivity (Wildman–Crippen MR) is 95.3 cm³/mol. The van der Waals surface area contributed by atoms with Gasteiger partial charge in [-0.3, -0.25) is 0 Å². The maximum absolute atomic E-state index is 11.8. The first-order chi connectivity index (χ1) is 12.7. The third kappa shape index (κ3) is 3.91. The zero-order valence-electron chi connectivity index (χ0n) is 13.8. The average Bonchev–Trinajstić information content (AvgIpc) is 2.69. The van der Waals surface area contributed by atoms with Crippen LogP contribution in [0.4, 0.5) is 23.1 Å². The molecule has 8 heteroatoms. The molecular weight excluding hydrogens is 332 g/mol. The van der Waals surface area contributed by atoms with Gasteiger partial charge in [-0.15, -0.1) is 5.10 Å². The lowest BCUT2D eigenvalue weighted by Gasteiger charge is -2.10. The number of rotatable bonds is 5. The van der Waals surface area contributed by atoms with Crippen molar-refractivity contribution in [2.75, 3.05) is 17.7 Å². The number of methoxy groups -OCH3 is 1. The summed E-state index contributed by atoms with van der Waals surface area (Å²) in [7, 11) is 1.32. The van der Waals surface area contributed by atoms with Crippen molar-refractivity contribution < 1.29 is 9.53 Å². The Kier molecular flexibility index (Phi) is 5.00. The second-order valence-electron chi connectivity index (χ2n) is 5.14. The number of nitrogens with one attached hydrogen (secondary N) is 2. The monoisotopic (exact) mass is 346 g/mol. The number of hydrogen-bond acceptors (Lipinski definition) is 8. The van der Waals surface area contributed by atoms with E-state index in [1.165, 1.54) is 13.3 Å². The molecule has 8 nitrogen and oxygen atoms in total. The summed E-state index contributed by atoms with van der Waals surface area (Å²) < 4.78 is 4.77. The molecule has 0 aliphatic carbocycles. The third-order valence-corrected chi connectivity index (χ3v) is 3.42. The summed E-state index contributed by atoms with van der Waals surface area (Å²) in [6.07, 6.45) is 1.44. The van der Waals surface area contributed by atoms with Gasteiger partial charge >= 0.3 is 5.97 Å². The number of hydrogen-bond donors (Lipinski definition) is 2. The van der Waals surface area contributed by atoms with Gasteiger partial charge in [0, 0.05) is 5.69 Å². The van der Waals surface area contributed by atoms with Crippen LogP contribution < -0.4 is 10.6 Å². The van der Waals surface area contributed by atoms with E-state index in [4.69, 9.17) is 10.00 Å². The highest BCUT2D eigenvalue weighted by molar-refractivity contribution is 5.96. The second-order valence-corrected chi connectivity index (χ2v) is 5.14. The van der Waals surface area contributed by atoms with Gasteiger partial charge in [0.25, 0.3) is 0 Å². The second kappa shape index (κ2) is 7.72. The van der Waals surface area contributed by atoms with Crippen LogP contribution in [-0.2, 0) is 4.74 Å².